The van der Waals surface area contributed by atoms with Gasteiger partial charge in [0.15, 0.2) is 0 Å². The summed E-state index contributed by atoms with van der Waals surface area (Å²) in [5.41, 5.74) is 8.16. The van der Waals surface area contributed by atoms with E-state index in [1.54, 1.807) is 42.4 Å². The van der Waals surface area contributed by atoms with Crippen LogP contribution in [0.25, 0.3) is 38.0 Å². The van der Waals surface area contributed by atoms with Crippen LogP contribution in [0.3, 0.4) is 0 Å². The number of halogens is 1. The summed E-state index contributed by atoms with van der Waals surface area (Å²) in [4.78, 5) is 17.8. The molecule has 0 amide bonds. The number of β-amino-alcohol motifs (C(OH)–C–C–N with tert-alkyl or cyclic N) is 1. The highest BCUT2D eigenvalue weighted by molar-refractivity contribution is 5.95. The van der Waals surface area contributed by atoms with Crippen LogP contribution in [0, 0.1) is 12.4 Å². The number of aryl methyl sites for hydroxylation is 1. The number of ether oxygens (including phenoxy) is 1. The standard InChI is InChI=1S/C27H26FN7O3/c1-30-25-22(38-16-4-5-16)10-21(35-8-7-15(36)13-35)24(28)23(25)26-19(12-31-34(26)2)14-3-6-17-18(9-14)20(11-29)32-33-27(17)37/h3,6,9-10,12,15-16,36H,4-5,7-8,11,13,29H2,2H3,(H,33,37). The van der Waals surface area contributed by atoms with Crippen molar-refractivity contribution in [1.29, 1.82) is 0 Å². The molecule has 4 N–H and O–H groups in total. The number of rotatable bonds is 6. The molecule has 4 aromatic rings. The smallest absolute Gasteiger partial charge is 0.272 e. The number of nitrogens with zero attached hydrogens (tertiary/aromatic N) is 5. The van der Waals surface area contributed by atoms with Gasteiger partial charge in [0, 0.05) is 43.2 Å². The Bertz CT molecular complexity index is 1670. The molecule has 1 unspecified atom stereocenters. The van der Waals surface area contributed by atoms with Crippen molar-refractivity contribution in [2.45, 2.75) is 38.0 Å². The second-order valence-electron chi connectivity index (χ2n) is 9.74. The van der Waals surface area contributed by atoms with E-state index in [4.69, 9.17) is 17.0 Å². The highest BCUT2D eigenvalue weighted by atomic mass is 19.1. The molecular weight excluding hydrogens is 489 g/mol. The zero-order chi connectivity index (χ0) is 26.6. The lowest BCUT2D eigenvalue weighted by Gasteiger charge is -2.23. The molecule has 38 heavy (non-hydrogen) atoms. The molecule has 6 rings (SSSR count). The number of aliphatic hydroxyl groups excluding tert-OH is 1. The molecule has 1 saturated heterocycles. The van der Waals surface area contributed by atoms with Crippen LogP contribution in [-0.4, -0.2) is 50.4 Å². The number of hydrogen-bond donors (Lipinski definition) is 3. The summed E-state index contributed by atoms with van der Waals surface area (Å²) >= 11 is 0. The minimum Gasteiger partial charge on any atom is -0.501 e. The van der Waals surface area contributed by atoms with E-state index in [1.165, 1.54) is 4.68 Å². The summed E-state index contributed by atoms with van der Waals surface area (Å²) in [6.45, 7) is 8.87. The third-order valence-electron chi connectivity index (χ3n) is 7.16. The Morgan fingerprint density at radius 3 is 2.79 bits per heavy atom. The molecule has 194 valence electrons. The topological polar surface area (TPSA) is 127 Å². The van der Waals surface area contributed by atoms with Gasteiger partial charge in [-0.3, -0.25) is 9.48 Å². The first-order chi connectivity index (χ1) is 18.4. The van der Waals surface area contributed by atoms with E-state index in [2.05, 4.69) is 20.1 Å². The third-order valence-corrected chi connectivity index (χ3v) is 7.16. The number of H-pyrrole nitrogens is 1. The monoisotopic (exact) mass is 515 g/mol. The highest BCUT2D eigenvalue weighted by Gasteiger charge is 2.33. The van der Waals surface area contributed by atoms with Crippen LogP contribution in [-0.2, 0) is 13.6 Å². The Morgan fingerprint density at radius 1 is 1.29 bits per heavy atom. The Morgan fingerprint density at radius 2 is 2.11 bits per heavy atom. The number of anilines is 1. The molecule has 1 aliphatic heterocycles. The van der Waals surface area contributed by atoms with Gasteiger partial charge in [0.25, 0.3) is 5.56 Å². The lowest BCUT2D eigenvalue weighted by Crippen LogP contribution is -2.22. The molecule has 11 heteroatoms. The van der Waals surface area contributed by atoms with Gasteiger partial charge in [-0.1, -0.05) is 6.07 Å². The molecule has 0 spiro atoms. The van der Waals surface area contributed by atoms with Crippen LogP contribution in [0.4, 0.5) is 15.8 Å². The van der Waals surface area contributed by atoms with E-state index < -0.39 is 11.9 Å². The van der Waals surface area contributed by atoms with E-state index >= 15 is 4.39 Å². The molecule has 0 bridgehead atoms. The first-order valence-corrected chi connectivity index (χ1v) is 12.5. The van der Waals surface area contributed by atoms with Crippen molar-refractivity contribution < 1.29 is 14.2 Å². The van der Waals surface area contributed by atoms with Crippen LogP contribution in [0.5, 0.6) is 5.75 Å². The van der Waals surface area contributed by atoms with Crippen molar-refractivity contribution in [3.63, 3.8) is 0 Å². The van der Waals surface area contributed by atoms with Gasteiger partial charge in [-0.15, -0.1) is 0 Å². The van der Waals surface area contributed by atoms with Gasteiger partial charge < -0.3 is 20.5 Å². The molecule has 1 aliphatic carbocycles. The SMILES string of the molecule is [C-]#[N+]c1c(OC2CC2)cc(N2CCC(O)C2)c(F)c1-c1c(-c2ccc3c(=O)[nH]nc(CN)c3c2)cnn1C. The minimum absolute atomic E-state index is 0.00222. The molecule has 0 radical (unpaired) electrons. The quantitative estimate of drug-likeness (QED) is 0.337. The average Bonchev–Trinajstić information content (AvgIpc) is 3.50. The van der Waals surface area contributed by atoms with E-state index in [0.717, 1.165) is 12.8 Å². The minimum atomic E-state index is -0.570. The second-order valence-corrected chi connectivity index (χ2v) is 9.74. The Labute approximate surface area is 217 Å². The van der Waals surface area contributed by atoms with Crippen LogP contribution >= 0.6 is 0 Å². The Hall–Kier alpha value is -4.27. The molecule has 2 fully saturated rings. The van der Waals surface area contributed by atoms with E-state index in [9.17, 15) is 9.90 Å². The van der Waals surface area contributed by atoms with Gasteiger partial charge in [-0.25, -0.2) is 14.3 Å². The fourth-order valence-electron chi connectivity index (χ4n) is 5.07. The van der Waals surface area contributed by atoms with Crippen molar-refractivity contribution in [3.05, 3.63) is 63.7 Å². The number of nitrogens with two attached hydrogens (primary N) is 1. The maximum absolute atomic E-state index is 16.5. The van der Waals surface area contributed by atoms with Crippen molar-refractivity contribution in [1.82, 2.24) is 20.0 Å². The van der Waals surface area contributed by atoms with Gasteiger partial charge in [0.1, 0.15) is 11.6 Å². The summed E-state index contributed by atoms with van der Waals surface area (Å²) in [7, 11) is 1.69. The Kier molecular flexibility index (Phi) is 5.86. The maximum atomic E-state index is 16.5. The fourth-order valence-corrected chi connectivity index (χ4v) is 5.07. The van der Waals surface area contributed by atoms with Crippen LogP contribution in [0.2, 0.25) is 0 Å². The molecular formula is C27H26FN7O3. The summed E-state index contributed by atoms with van der Waals surface area (Å²) in [6.07, 6.45) is 3.35. The van der Waals surface area contributed by atoms with Gasteiger partial charge in [0.2, 0.25) is 5.69 Å². The lowest BCUT2D eigenvalue weighted by molar-refractivity contribution is 0.198. The van der Waals surface area contributed by atoms with Gasteiger partial charge in [0.05, 0.1) is 47.4 Å². The first kappa shape index (κ1) is 24.1. The number of fused-ring (bicyclic) bond motifs is 1. The summed E-state index contributed by atoms with van der Waals surface area (Å²) in [5.74, 6) is -0.248. The second kappa shape index (κ2) is 9.24. The van der Waals surface area contributed by atoms with Crippen molar-refractivity contribution in [2.24, 2.45) is 12.8 Å². The fraction of sp³-hybridized carbons (Fsp3) is 0.333. The molecule has 2 aromatic carbocycles. The Balaban J connectivity index is 1.59. The maximum Gasteiger partial charge on any atom is 0.272 e. The number of nitrogens with one attached hydrogen (secondary N) is 1. The van der Waals surface area contributed by atoms with Crippen molar-refractivity contribution in [3.8, 4) is 28.1 Å². The van der Waals surface area contributed by atoms with E-state index in [-0.39, 0.29) is 35.1 Å². The van der Waals surface area contributed by atoms with E-state index in [0.29, 0.717) is 58.5 Å². The summed E-state index contributed by atoms with van der Waals surface area (Å²) in [5, 5.41) is 22.1. The summed E-state index contributed by atoms with van der Waals surface area (Å²) in [6, 6.07) is 6.81. The average molecular weight is 516 g/mol. The van der Waals surface area contributed by atoms with Crippen molar-refractivity contribution in [2.75, 3.05) is 18.0 Å². The predicted octanol–water partition coefficient (Wildman–Crippen LogP) is 3.25. The molecule has 3 heterocycles. The molecule has 1 saturated carbocycles. The normalized spacial score (nSPS) is 17.2. The molecule has 1 atom stereocenters. The number of benzene rings is 2. The number of aromatic amines is 1. The van der Waals surface area contributed by atoms with Gasteiger partial charge in [-0.2, -0.15) is 10.2 Å². The van der Waals surface area contributed by atoms with Crippen LogP contribution in [0.1, 0.15) is 25.0 Å². The largest absolute Gasteiger partial charge is 0.501 e. The predicted molar refractivity (Wildman–Crippen MR) is 141 cm³/mol. The van der Waals surface area contributed by atoms with Crippen LogP contribution in [0.15, 0.2) is 35.3 Å². The zero-order valence-corrected chi connectivity index (χ0v) is 20.7. The number of aliphatic hydroxyl groups is 1. The molecule has 2 aliphatic rings. The number of aromatic nitrogens is 4. The highest BCUT2D eigenvalue weighted by Crippen LogP contribution is 2.49. The van der Waals surface area contributed by atoms with E-state index in [1.807, 2.05) is 0 Å². The first-order valence-electron chi connectivity index (χ1n) is 12.5. The number of hydrogen-bond acceptors (Lipinski definition) is 7. The van der Waals surface area contributed by atoms with Crippen molar-refractivity contribution >= 4 is 22.1 Å². The lowest BCUT2D eigenvalue weighted by atomic mass is 9.96. The molecule has 2 aromatic heterocycles. The third kappa shape index (κ3) is 3.98. The van der Waals surface area contributed by atoms with Gasteiger partial charge in [-0.05, 0) is 43.0 Å². The van der Waals surface area contributed by atoms with Gasteiger partial charge >= 0.3 is 0 Å². The van der Waals surface area contributed by atoms with Crippen LogP contribution < -0.4 is 20.9 Å². The zero-order valence-electron chi connectivity index (χ0n) is 20.7. The summed E-state index contributed by atoms with van der Waals surface area (Å²) < 4.78 is 24.1. The molecule has 10 nitrogen and oxygen atoms in total.